The number of rotatable bonds is 7. The predicted molar refractivity (Wildman–Crippen MR) is 110 cm³/mol. The maximum Gasteiger partial charge on any atom is 0.308 e. The summed E-state index contributed by atoms with van der Waals surface area (Å²) in [5, 5.41) is 0. The first kappa shape index (κ1) is 22.0. The number of thiazole rings is 1. The molecule has 158 valence electrons. The molecule has 0 spiro atoms. The monoisotopic (exact) mass is 440 g/mol. The minimum absolute atomic E-state index is 0.0365. The lowest BCUT2D eigenvalue weighted by atomic mass is 10.1. The average Bonchev–Trinajstić information content (AvgIpc) is 3.04. The Morgan fingerprint density at radius 1 is 1.34 bits per heavy atom. The highest BCUT2D eigenvalue weighted by Gasteiger charge is 2.39. The van der Waals surface area contributed by atoms with E-state index in [1.54, 1.807) is 26.8 Å². The third-order valence-electron chi connectivity index (χ3n) is 4.51. The number of fused-ring (bicyclic) bond motifs is 1. The number of carbonyl (C=O) groups is 1. The molecule has 0 bridgehead atoms. The molecule has 3 atom stereocenters. The van der Waals surface area contributed by atoms with Crippen LogP contribution in [-0.4, -0.2) is 49.2 Å². The summed E-state index contributed by atoms with van der Waals surface area (Å²) >= 11 is 1.15. The van der Waals surface area contributed by atoms with E-state index in [-0.39, 0.29) is 29.0 Å². The highest BCUT2D eigenvalue weighted by Crippen LogP contribution is 2.32. The molecule has 2 aromatic rings. The van der Waals surface area contributed by atoms with Crippen molar-refractivity contribution < 1.29 is 27.4 Å². The molecule has 1 fully saturated rings. The molecule has 0 amide bonds. The lowest BCUT2D eigenvalue weighted by Gasteiger charge is -2.40. The number of hydrogen-bond acceptors (Lipinski definition) is 8. The van der Waals surface area contributed by atoms with Gasteiger partial charge in [0.05, 0.1) is 41.5 Å². The van der Waals surface area contributed by atoms with Crippen LogP contribution in [0.3, 0.4) is 0 Å². The fraction of sp³-hybridized carbons (Fsp3) is 0.550. The third-order valence-corrected chi connectivity index (χ3v) is 7.78. The average molecular weight is 441 g/mol. The maximum atomic E-state index is 12.9. The Balaban J connectivity index is 1.70. The van der Waals surface area contributed by atoms with Gasteiger partial charge < -0.3 is 14.2 Å². The minimum atomic E-state index is -3.64. The summed E-state index contributed by atoms with van der Waals surface area (Å²) in [5.74, 6) is -1.62. The van der Waals surface area contributed by atoms with E-state index in [1.165, 1.54) is 0 Å². The molecule has 1 aromatic heterocycles. The van der Waals surface area contributed by atoms with Gasteiger partial charge in [-0.15, -0.1) is 11.3 Å². The van der Waals surface area contributed by atoms with Crippen molar-refractivity contribution in [2.24, 2.45) is 0 Å². The molecule has 1 unspecified atom stereocenters. The van der Waals surface area contributed by atoms with Crippen molar-refractivity contribution in [1.29, 1.82) is 0 Å². The van der Waals surface area contributed by atoms with Gasteiger partial charge in [-0.3, -0.25) is 4.79 Å². The smallest absolute Gasteiger partial charge is 0.308 e. The van der Waals surface area contributed by atoms with Gasteiger partial charge in [0.15, 0.2) is 5.79 Å². The topological polar surface area (TPSA) is 91.8 Å². The first-order valence-corrected chi connectivity index (χ1v) is 12.0. The minimum Gasteiger partial charge on any atom is -0.458 e. The highest BCUT2D eigenvalue weighted by atomic mass is 32.2. The van der Waals surface area contributed by atoms with E-state index < -0.39 is 33.8 Å². The summed E-state index contributed by atoms with van der Waals surface area (Å²) in [6.07, 6.45) is -0.575. The number of hydrogen-bond donors (Lipinski definition) is 0. The van der Waals surface area contributed by atoms with Crippen LogP contribution in [0.5, 0.6) is 0 Å². The van der Waals surface area contributed by atoms with Crippen molar-refractivity contribution in [3.05, 3.63) is 31.2 Å². The predicted octanol–water partition coefficient (Wildman–Crippen LogP) is 3.53. The standard InChI is InChI=1S/C20H26NO6S2/c1-5-13(2)25-18(22)11-14-10-15(27-20(3,4)26-14)12-29(23,24)19-21-16-8-6-7-9-17(16)28-19/h6-9,13-15H,1,5,10-12H2,2-4H3/q+1/t13?,14-,15+/m1/s1. The molecular weight excluding hydrogens is 414 g/mol. The van der Waals surface area contributed by atoms with Crippen molar-refractivity contribution in [2.45, 2.75) is 68.5 Å². The number of esters is 1. The zero-order chi connectivity index (χ0) is 21.2. The molecular formula is C20H26NO6S2+. The van der Waals surface area contributed by atoms with Gasteiger partial charge in [-0.1, -0.05) is 12.1 Å². The van der Waals surface area contributed by atoms with Gasteiger partial charge in [0.25, 0.3) is 0 Å². The summed E-state index contributed by atoms with van der Waals surface area (Å²) in [7, 11) is -3.64. The first-order valence-electron chi connectivity index (χ1n) is 9.50. The van der Waals surface area contributed by atoms with Crippen molar-refractivity contribution in [2.75, 3.05) is 5.75 Å². The van der Waals surface area contributed by atoms with Crippen LogP contribution < -0.4 is 0 Å². The number of nitrogens with zero attached hydrogens (tertiary/aromatic N) is 1. The summed E-state index contributed by atoms with van der Waals surface area (Å²) in [6.45, 7) is 8.89. The van der Waals surface area contributed by atoms with Gasteiger partial charge in [-0.25, -0.2) is 13.4 Å². The molecule has 0 saturated carbocycles. The van der Waals surface area contributed by atoms with Gasteiger partial charge in [-0.2, -0.15) is 0 Å². The fourth-order valence-corrected chi connectivity index (χ4v) is 6.02. The van der Waals surface area contributed by atoms with E-state index in [1.807, 2.05) is 18.2 Å². The van der Waals surface area contributed by atoms with Crippen molar-refractivity contribution in [1.82, 2.24) is 4.98 Å². The number of carbonyl (C=O) groups excluding carboxylic acids is 1. The Morgan fingerprint density at radius 2 is 2.03 bits per heavy atom. The van der Waals surface area contributed by atoms with E-state index in [9.17, 15) is 13.2 Å². The van der Waals surface area contributed by atoms with Crippen LogP contribution in [-0.2, 0) is 28.8 Å². The van der Waals surface area contributed by atoms with Gasteiger partial charge in [0.2, 0.25) is 14.2 Å². The van der Waals surface area contributed by atoms with Crippen LogP contribution >= 0.6 is 11.3 Å². The number of ether oxygens (including phenoxy) is 3. The van der Waals surface area contributed by atoms with Crippen LogP contribution in [0.15, 0.2) is 28.6 Å². The SMILES string of the molecule is [CH2+]CC(C)OC(=O)C[C@H]1C[C@@H](CS(=O)(=O)c2nc3ccccc3s2)OC(C)(C)O1. The van der Waals surface area contributed by atoms with E-state index in [0.29, 0.717) is 11.9 Å². The van der Waals surface area contributed by atoms with Crippen molar-refractivity contribution in [3.8, 4) is 0 Å². The molecule has 1 aliphatic rings. The van der Waals surface area contributed by atoms with Gasteiger partial charge >= 0.3 is 5.97 Å². The molecule has 7 nitrogen and oxygen atoms in total. The molecule has 1 saturated heterocycles. The van der Waals surface area contributed by atoms with Crippen LogP contribution in [0.2, 0.25) is 0 Å². The second-order valence-corrected chi connectivity index (χ2v) is 10.9. The second-order valence-electron chi connectivity index (χ2n) is 7.64. The molecule has 3 rings (SSSR count). The van der Waals surface area contributed by atoms with Gasteiger partial charge in [0.1, 0.15) is 12.5 Å². The molecule has 2 heterocycles. The molecule has 0 N–H and O–H groups in total. The Morgan fingerprint density at radius 3 is 2.72 bits per heavy atom. The van der Waals surface area contributed by atoms with Crippen LogP contribution in [0.25, 0.3) is 10.2 Å². The number of benzene rings is 1. The zero-order valence-electron chi connectivity index (χ0n) is 16.8. The van der Waals surface area contributed by atoms with Gasteiger partial charge in [-0.05, 0) is 32.9 Å². The molecule has 9 heteroatoms. The first-order chi connectivity index (χ1) is 13.6. The number of sulfone groups is 1. The number of aromatic nitrogens is 1. The zero-order valence-corrected chi connectivity index (χ0v) is 18.4. The number of para-hydroxylation sites is 1. The van der Waals surface area contributed by atoms with E-state index in [0.717, 1.165) is 16.0 Å². The Hall–Kier alpha value is -1.68. The summed E-state index contributed by atoms with van der Waals surface area (Å²) in [5.41, 5.74) is 0.657. The Kier molecular flexibility index (Phi) is 6.52. The summed E-state index contributed by atoms with van der Waals surface area (Å²) in [4.78, 5) is 16.4. The van der Waals surface area contributed by atoms with Crippen LogP contribution in [0.1, 0.15) is 40.0 Å². The van der Waals surface area contributed by atoms with E-state index in [2.05, 4.69) is 11.9 Å². The normalized spacial score (nSPS) is 23.0. The molecule has 29 heavy (non-hydrogen) atoms. The molecule has 1 aliphatic heterocycles. The lowest BCUT2D eigenvalue weighted by Crippen LogP contribution is -2.47. The highest BCUT2D eigenvalue weighted by molar-refractivity contribution is 7.93. The fourth-order valence-electron chi connectivity index (χ4n) is 3.26. The summed E-state index contributed by atoms with van der Waals surface area (Å²) in [6, 6.07) is 7.30. The van der Waals surface area contributed by atoms with E-state index in [4.69, 9.17) is 14.2 Å². The molecule has 0 radical (unpaired) electrons. The third kappa shape index (κ3) is 5.69. The van der Waals surface area contributed by atoms with Crippen LogP contribution in [0.4, 0.5) is 0 Å². The largest absolute Gasteiger partial charge is 0.458 e. The van der Waals surface area contributed by atoms with Crippen molar-refractivity contribution in [3.63, 3.8) is 0 Å². The summed E-state index contributed by atoms with van der Waals surface area (Å²) < 4.78 is 43.6. The lowest BCUT2D eigenvalue weighted by molar-refractivity contribution is -0.295. The van der Waals surface area contributed by atoms with Gasteiger partial charge in [0, 0.05) is 6.42 Å². The molecule has 0 aliphatic carbocycles. The molecule has 1 aromatic carbocycles. The Bertz CT molecular complexity index is 935. The Labute approximate surface area is 175 Å². The van der Waals surface area contributed by atoms with E-state index >= 15 is 0 Å². The maximum absolute atomic E-state index is 12.9. The quantitative estimate of drug-likeness (QED) is 0.480. The van der Waals surface area contributed by atoms with Crippen molar-refractivity contribution >= 4 is 37.4 Å². The van der Waals surface area contributed by atoms with Crippen LogP contribution in [0, 0.1) is 6.92 Å². The second kappa shape index (κ2) is 8.59.